The zero-order chi connectivity index (χ0) is 9.41. The van der Waals surface area contributed by atoms with Crippen LogP contribution in [0.25, 0.3) is 0 Å². The number of alkyl halides is 3. The number of halogens is 3. The smallest absolute Gasteiger partial charge is 0.377 e. The lowest BCUT2D eigenvalue weighted by Gasteiger charge is -2.31. The average molecular weight is 180 g/mol. The van der Waals surface area contributed by atoms with E-state index in [1.807, 2.05) is 6.92 Å². The molecule has 1 N–H and O–H groups in total. The van der Waals surface area contributed by atoms with Gasteiger partial charge in [0.25, 0.3) is 0 Å². The lowest BCUT2D eigenvalue weighted by molar-refractivity contribution is -0.244. The fraction of sp³-hybridized carbons (Fsp3) is 0.750. The van der Waals surface area contributed by atoms with Crippen LogP contribution in [0.1, 0.15) is 19.8 Å². The molecule has 70 valence electrons. The summed E-state index contributed by atoms with van der Waals surface area (Å²) in [7, 11) is 0. The van der Waals surface area contributed by atoms with Crippen LogP contribution in [0.3, 0.4) is 0 Å². The molecule has 4 heteroatoms. The molecule has 0 aromatic rings. The summed E-state index contributed by atoms with van der Waals surface area (Å²) in [6, 6.07) is 0. The Hall–Kier alpha value is -0.510. The first-order valence-electron chi connectivity index (χ1n) is 3.84. The number of hydrogen-bond acceptors (Lipinski definition) is 1. The Balaban J connectivity index is 2.81. The highest BCUT2D eigenvalue weighted by Crippen LogP contribution is 2.38. The topological polar surface area (TPSA) is 20.2 Å². The largest absolute Gasteiger partial charge is 0.420 e. The van der Waals surface area contributed by atoms with Crippen molar-refractivity contribution in [3.8, 4) is 0 Å². The lowest BCUT2D eigenvalue weighted by atomic mass is 9.86. The normalized spacial score (nSPS) is 36.9. The van der Waals surface area contributed by atoms with Crippen LogP contribution >= 0.6 is 0 Å². The molecule has 1 rings (SSSR count). The minimum atomic E-state index is -4.54. The van der Waals surface area contributed by atoms with Crippen LogP contribution in [0, 0.1) is 5.92 Å². The molecule has 0 radical (unpaired) electrons. The van der Waals surface area contributed by atoms with Crippen LogP contribution in [0.5, 0.6) is 0 Å². The molecule has 2 atom stereocenters. The van der Waals surface area contributed by atoms with Crippen molar-refractivity contribution in [3.05, 3.63) is 12.2 Å². The van der Waals surface area contributed by atoms with Crippen molar-refractivity contribution < 1.29 is 18.3 Å². The molecule has 0 aromatic heterocycles. The Labute approximate surface area is 68.9 Å². The van der Waals surface area contributed by atoms with Gasteiger partial charge >= 0.3 is 6.18 Å². The summed E-state index contributed by atoms with van der Waals surface area (Å²) in [5, 5.41) is 9.11. The van der Waals surface area contributed by atoms with Crippen molar-refractivity contribution in [3.63, 3.8) is 0 Å². The first kappa shape index (κ1) is 9.58. The van der Waals surface area contributed by atoms with Crippen molar-refractivity contribution in [2.75, 3.05) is 0 Å². The molecule has 0 saturated carbocycles. The minimum Gasteiger partial charge on any atom is -0.377 e. The van der Waals surface area contributed by atoms with Crippen molar-refractivity contribution in [2.24, 2.45) is 5.92 Å². The van der Waals surface area contributed by atoms with Crippen molar-refractivity contribution in [1.29, 1.82) is 0 Å². The van der Waals surface area contributed by atoms with Gasteiger partial charge in [-0.25, -0.2) is 0 Å². The molecule has 0 aliphatic heterocycles. The van der Waals surface area contributed by atoms with Gasteiger partial charge in [-0.1, -0.05) is 13.0 Å². The summed E-state index contributed by atoms with van der Waals surface area (Å²) < 4.78 is 36.5. The maximum atomic E-state index is 12.2. The summed E-state index contributed by atoms with van der Waals surface area (Å²) in [5.41, 5.74) is -2.58. The first-order valence-corrected chi connectivity index (χ1v) is 3.84. The van der Waals surface area contributed by atoms with Gasteiger partial charge in [0.1, 0.15) is 0 Å². The second kappa shape index (κ2) is 2.76. The summed E-state index contributed by atoms with van der Waals surface area (Å²) in [6.07, 6.45) is -2.11. The van der Waals surface area contributed by atoms with Crippen molar-refractivity contribution in [1.82, 2.24) is 0 Å². The third-order valence-corrected chi connectivity index (χ3v) is 2.17. The fourth-order valence-corrected chi connectivity index (χ4v) is 1.19. The van der Waals surface area contributed by atoms with Crippen LogP contribution in [0.15, 0.2) is 12.2 Å². The van der Waals surface area contributed by atoms with Gasteiger partial charge in [-0.15, -0.1) is 0 Å². The molecule has 0 bridgehead atoms. The third kappa shape index (κ3) is 1.63. The number of hydrogen-bond donors (Lipinski definition) is 1. The quantitative estimate of drug-likeness (QED) is 0.567. The van der Waals surface area contributed by atoms with E-state index in [0.717, 1.165) is 6.08 Å². The molecule has 0 spiro atoms. The van der Waals surface area contributed by atoms with E-state index in [0.29, 0.717) is 6.42 Å². The molecule has 1 aliphatic rings. The summed E-state index contributed by atoms with van der Waals surface area (Å²) >= 11 is 0. The molecule has 0 aromatic carbocycles. The maximum absolute atomic E-state index is 12.2. The maximum Gasteiger partial charge on any atom is 0.420 e. The molecule has 1 nitrogen and oxygen atoms in total. The summed E-state index contributed by atoms with van der Waals surface area (Å²) in [4.78, 5) is 0. The standard InChI is InChI=1S/C8H11F3O/c1-6-2-4-7(12,5-3-6)8(9,10)11/h2,4,6,12H,3,5H2,1H3. The van der Waals surface area contributed by atoms with Gasteiger partial charge in [-0.05, 0) is 24.8 Å². The molecule has 0 saturated heterocycles. The van der Waals surface area contributed by atoms with E-state index in [1.165, 1.54) is 6.08 Å². The van der Waals surface area contributed by atoms with Gasteiger partial charge in [0, 0.05) is 0 Å². The van der Waals surface area contributed by atoms with E-state index >= 15 is 0 Å². The van der Waals surface area contributed by atoms with Crippen LogP contribution in [0.4, 0.5) is 13.2 Å². The van der Waals surface area contributed by atoms with Gasteiger partial charge < -0.3 is 5.11 Å². The first-order chi connectivity index (χ1) is 5.35. The SMILES string of the molecule is CC1C=CC(O)(C(F)(F)F)CC1. The van der Waals surface area contributed by atoms with Crippen molar-refractivity contribution in [2.45, 2.75) is 31.5 Å². The molecular formula is C8H11F3O. The third-order valence-electron chi connectivity index (χ3n) is 2.17. The highest BCUT2D eigenvalue weighted by Gasteiger charge is 2.52. The fourth-order valence-electron chi connectivity index (χ4n) is 1.19. The molecule has 0 heterocycles. The number of allylic oxidation sites excluding steroid dienone is 1. The highest BCUT2D eigenvalue weighted by molar-refractivity contribution is 5.10. The second-order valence-corrected chi connectivity index (χ2v) is 3.30. The Kier molecular flexibility index (Phi) is 2.21. The molecule has 1 aliphatic carbocycles. The molecule has 12 heavy (non-hydrogen) atoms. The van der Waals surface area contributed by atoms with Gasteiger partial charge in [0.2, 0.25) is 0 Å². The van der Waals surface area contributed by atoms with E-state index in [-0.39, 0.29) is 12.3 Å². The van der Waals surface area contributed by atoms with Crippen LogP contribution in [-0.2, 0) is 0 Å². The lowest BCUT2D eigenvalue weighted by Crippen LogP contribution is -2.44. The van der Waals surface area contributed by atoms with Crippen LogP contribution < -0.4 is 0 Å². The van der Waals surface area contributed by atoms with E-state index in [4.69, 9.17) is 5.11 Å². The summed E-state index contributed by atoms with van der Waals surface area (Å²) in [5.74, 6) is 0.132. The Morgan fingerprint density at radius 1 is 1.50 bits per heavy atom. The van der Waals surface area contributed by atoms with Gasteiger partial charge in [-0.3, -0.25) is 0 Å². The molecular weight excluding hydrogens is 169 g/mol. The molecule has 0 fully saturated rings. The van der Waals surface area contributed by atoms with E-state index in [1.54, 1.807) is 0 Å². The Morgan fingerprint density at radius 2 is 2.08 bits per heavy atom. The van der Waals surface area contributed by atoms with Gasteiger partial charge in [-0.2, -0.15) is 13.2 Å². The predicted octanol–water partition coefficient (Wildman–Crippen LogP) is 2.27. The van der Waals surface area contributed by atoms with Gasteiger partial charge in [0.15, 0.2) is 5.60 Å². The number of aliphatic hydroxyl groups is 1. The van der Waals surface area contributed by atoms with Crippen LogP contribution in [-0.4, -0.2) is 16.9 Å². The second-order valence-electron chi connectivity index (χ2n) is 3.30. The molecule has 2 unspecified atom stereocenters. The predicted molar refractivity (Wildman–Crippen MR) is 38.5 cm³/mol. The van der Waals surface area contributed by atoms with Gasteiger partial charge in [0.05, 0.1) is 0 Å². The summed E-state index contributed by atoms with van der Waals surface area (Å²) in [6.45, 7) is 1.83. The van der Waals surface area contributed by atoms with E-state index in [2.05, 4.69) is 0 Å². The Morgan fingerprint density at radius 3 is 2.42 bits per heavy atom. The van der Waals surface area contributed by atoms with E-state index < -0.39 is 11.8 Å². The minimum absolute atomic E-state index is 0.132. The monoisotopic (exact) mass is 180 g/mol. The zero-order valence-corrected chi connectivity index (χ0v) is 6.73. The number of rotatable bonds is 0. The van der Waals surface area contributed by atoms with Crippen LogP contribution in [0.2, 0.25) is 0 Å². The average Bonchev–Trinajstić information content (AvgIpc) is 1.93. The highest BCUT2D eigenvalue weighted by atomic mass is 19.4. The zero-order valence-electron chi connectivity index (χ0n) is 6.73. The van der Waals surface area contributed by atoms with Crippen molar-refractivity contribution >= 4 is 0 Å². The molecule has 0 amide bonds. The van der Waals surface area contributed by atoms with E-state index in [9.17, 15) is 13.2 Å². The Bertz CT molecular complexity index is 197.